The van der Waals surface area contributed by atoms with Gasteiger partial charge in [0, 0.05) is 16.0 Å². The highest BCUT2D eigenvalue weighted by atomic mass is 32.2. The Morgan fingerprint density at radius 2 is 1.87 bits per heavy atom. The number of hydrogen-bond donors (Lipinski definition) is 2. The largest absolute Gasteiger partial charge is 0.489 e. The number of nitrogens with one attached hydrogen (secondary N) is 1. The molecule has 0 spiro atoms. The number of hydrogen-bond acceptors (Lipinski definition) is 7. The monoisotopic (exact) mass is 578 g/mol. The molecule has 3 aromatic rings. The average molecular weight is 579 g/mol. The number of H-pyrrole nitrogens is 1. The number of carboxylic acids is 1. The molecule has 4 aliphatic rings. The molecule has 2 aromatic carbocycles. The van der Waals surface area contributed by atoms with Crippen molar-refractivity contribution in [3.8, 4) is 5.75 Å². The second-order valence-corrected chi connectivity index (χ2v) is 13.8. The van der Waals surface area contributed by atoms with Crippen molar-refractivity contribution < 1.29 is 24.2 Å². The minimum absolute atomic E-state index is 0.00246. The zero-order valence-electron chi connectivity index (χ0n) is 21.0. The highest BCUT2D eigenvalue weighted by molar-refractivity contribution is 8.00. The lowest BCUT2D eigenvalue weighted by molar-refractivity contribution is -0.154. The van der Waals surface area contributed by atoms with Crippen molar-refractivity contribution in [3.63, 3.8) is 0 Å². The number of aliphatic carboxylic acids is 1. The fourth-order valence-electron chi connectivity index (χ4n) is 7.44. The molecule has 2 aliphatic heterocycles. The maximum Gasteiger partial charge on any atom is 0.326 e. The summed E-state index contributed by atoms with van der Waals surface area (Å²) in [6.45, 7) is 1.89. The molecule has 1 saturated heterocycles. The van der Waals surface area contributed by atoms with E-state index in [0.717, 1.165) is 37.2 Å². The van der Waals surface area contributed by atoms with Crippen molar-refractivity contribution in [2.24, 2.45) is 29.6 Å². The molecule has 2 N–H and O–H groups in total. The van der Waals surface area contributed by atoms with Crippen molar-refractivity contribution in [3.05, 3.63) is 74.6 Å². The fourth-order valence-corrected chi connectivity index (χ4v) is 10.8. The number of rotatable bonds is 6. The molecule has 1 aromatic heterocycles. The predicted octanol–water partition coefficient (Wildman–Crippen LogP) is 5.33. The van der Waals surface area contributed by atoms with Gasteiger partial charge in [-0.25, -0.2) is 4.79 Å². The molecule has 200 valence electrons. The summed E-state index contributed by atoms with van der Waals surface area (Å²) in [7, 11) is 0. The van der Waals surface area contributed by atoms with Gasteiger partial charge in [0.05, 0.1) is 16.9 Å². The van der Waals surface area contributed by atoms with E-state index in [9.17, 15) is 19.5 Å². The van der Waals surface area contributed by atoms with E-state index in [1.165, 1.54) is 11.8 Å². The quantitative estimate of drug-likeness (QED) is 0.301. The van der Waals surface area contributed by atoms with Gasteiger partial charge in [0.1, 0.15) is 18.4 Å². The molecule has 10 heteroatoms. The molecule has 3 heterocycles. The third-order valence-electron chi connectivity index (χ3n) is 8.97. The summed E-state index contributed by atoms with van der Waals surface area (Å²) < 4.78 is 6.88. The average Bonchev–Trinajstić information content (AvgIpc) is 3.66. The maximum atomic E-state index is 13.6. The van der Waals surface area contributed by atoms with Crippen LogP contribution in [0.2, 0.25) is 0 Å². The summed E-state index contributed by atoms with van der Waals surface area (Å²) in [5.41, 5.74) is 2.20. The van der Waals surface area contributed by atoms with Crippen LogP contribution in [0, 0.1) is 33.5 Å². The third kappa shape index (κ3) is 3.82. The Kier molecular flexibility index (Phi) is 5.98. The molecule has 2 amide bonds. The topological polar surface area (TPSA) is 99.7 Å². The molecule has 0 radical (unpaired) electrons. The number of carbonyl (C=O) groups excluding carboxylic acids is 2. The number of ether oxygens (including phenoxy) is 1. The van der Waals surface area contributed by atoms with Gasteiger partial charge < -0.3 is 14.8 Å². The van der Waals surface area contributed by atoms with Gasteiger partial charge in [-0.1, -0.05) is 42.5 Å². The molecule has 8 atom stereocenters. The molecule has 7 rings (SSSR count). The number of amides is 2. The molecule has 2 saturated carbocycles. The van der Waals surface area contributed by atoms with E-state index in [-0.39, 0.29) is 40.7 Å². The number of imide groups is 1. The van der Waals surface area contributed by atoms with Gasteiger partial charge in [-0.3, -0.25) is 14.5 Å². The Labute approximate surface area is 238 Å². The van der Waals surface area contributed by atoms with E-state index in [1.807, 2.05) is 42.5 Å². The Bertz CT molecular complexity index is 1550. The van der Waals surface area contributed by atoms with E-state index in [0.29, 0.717) is 6.61 Å². The van der Waals surface area contributed by atoms with Gasteiger partial charge in [-0.15, -0.1) is 23.1 Å². The Morgan fingerprint density at radius 3 is 2.62 bits per heavy atom. The van der Waals surface area contributed by atoms with Crippen LogP contribution >= 0.6 is 35.3 Å². The summed E-state index contributed by atoms with van der Waals surface area (Å²) >= 11 is 8.88. The summed E-state index contributed by atoms with van der Waals surface area (Å²) in [6.07, 6.45) is 0.806. The lowest BCUT2D eigenvalue weighted by Crippen LogP contribution is -2.44. The van der Waals surface area contributed by atoms with Crippen LogP contribution in [0.1, 0.15) is 35.3 Å². The SMILES string of the molecule is CC(C(=O)O)N1C(=O)C2C3CC(C2C1=O)C1C(c2cccc(OCc4ccccc4)c2)c2sc(=S)[nH]c2SC31. The number of likely N-dealkylation sites (tertiary alicyclic amines) is 1. The van der Waals surface area contributed by atoms with E-state index in [4.69, 9.17) is 17.0 Å². The molecule has 39 heavy (non-hydrogen) atoms. The number of carbonyl (C=O) groups is 3. The fraction of sp³-hybridized carbons (Fsp3) is 0.379. The van der Waals surface area contributed by atoms with Gasteiger partial charge in [0.25, 0.3) is 0 Å². The van der Waals surface area contributed by atoms with Crippen LogP contribution in [0.4, 0.5) is 0 Å². The summed E-state index contributed by atoms with van der Waals surface area (Å²) in [5, 5.41) is 10.8. The first-order valence-electron chi connectivity index (χ1n) is 13.1. The van der Waals surface area contributed by atoms with E-state index in [1.54, 1.807) is 23.1 Å². The molecule has 7 nitrogen and oxygen atoms in total. The first-order chi connectivity index (χ1) is 18.8. The lowest BCUT2D eigenvalue weighted by Gasteiger charge is -2.43. The number of thiazole rings is 1. The first-order valence-corrected chi connectivity index (χ1v) is 15.2. The zero-order chi connectivity index (χ0) is 27.0. The van der Waals surface area contributed by atoms with Gasteiger partial charge in [0.15, 0.2) is 3.95 Å². The van der Waals surface area contributed by atoms with Gasteiger partial charge in [0.2, 0.25) is 11.8 Å². The van der Waals surface area contributed by atoms with Crippen molar-refractivity contribution in [2.45, 2.75) is 42.2 Å². The highest BCUT2D eigenvalue weighted by Crippen LogP contribution is 2.69. The number of thioether (sulfide) groups is 1. The van der Waals surface area contributed by atoms with Crippen molar-refractivity contribution >= 4 is 53.1 Å². The second kappa shape index (κ2) is 9.31. The van der Waals surface area contributed by atoms with Crippen molar-refractivity contribution in [1.82, 2.24) is 9.88 Å². The van der Waals surface area contributed by atoms with Crippen LogP contribution in [0.5, 0.6) is 5.75 Å². The normalized spacial score (nSPS) is 31.1. The van der Waals surface area contributed by atoms with Crippen LogP contribution in [0.15, 0.2) is 59.6 Å². The van der Waals surface area contributed by atoms with Gasteiger partial charge in [-0.05, 0) is 66.6 Å². The second-order valence-electron chi connectivity index (χ2n) is 10.9. The minimum Gasteiger partial charge on any atom is -0.489 e. The van der Waals surface area contributed by atoms with Crippen LogP contribution in [-0.2, 0) is 21.0 Å². The molecule has 8 unspecified atom stereocenters. The number of nitrogens with zero attached hydrogens (tertiary/aromatic N) is 1. The third-order valence-corrected chi connectivity index (χ3v) is 11.9. The summed E-state index contributed by atoms with van der Waals surface area (Å²) in [5.74, 6) is -1.74. The standard InChI is InChI=1S/C29H26N2O5S3/c1-13(28(34)35)31-26(32)21-17-11-18(22(21)27(31)33)23-20(17)19(24-25(38-23)30-29(37)39-24)15-8-5-9-16(10-15)36-12-14-6-3-2-4-7-14/h2-10,13,17-23H,11-12H2,1H3,(H,30,37)(H,34,35). The van der Waals surface area contributed by atoms with Gasteiger partial charge in [-0.2, -0.15) is 0 Å². The minimum atomic E-state index is -1.16. The number of carboxylic acid groups (broad SMARTS) is 1. The van der Waals surface area contributed by atoms with Crippen LogP contribution in [0.25, 0.3) is 0 Å². The molecule has 2 aliphatic carbocycles. The molecule has 3 fully saturated rings. The van der Waals surface area contributed by atoms with Crippen molar-refractivity contribution in [2.75, 3.05) is 0 Å². The number of aromatic amines is 1. The number of fused-ring (bicyclic) bond motifs is 9. The van der Waals surface area contributed by atoms with Crippen LogP contribution in [-0.4, -0.2) is 44.1 Å². The maximum absolute atomic E-state index is 13.6. The summed E-state index contributed by atoms with van der Waals surface area (Å²) in [4.78, 5) is 44.3. The molecule has 2 bridgehead atoms. The van der Waals surface area contributed by atoms with Crippen molar-refractivity contribution in [1.29, 1.82) is 0 Å². The Morgan fingerprint density at radius 1 is 1.13 bits per heavy atom. The van der Waals surface area contributed by atoms with Crippen LogP contribution in [0.3, 0.4) is 0 Å². The first kappa shape index (κ1) is 25.0. The molecular weight excluding hydrogens is 553 g/mol. The number of benzene rings is 2. The van der Waals surface area contributed by atoms with E-state index >= 15 is 0 Å². The number of aromatic nitrogens is 1. The van der Waals surface area contributed by atoms with Gasteiger partial charge >= 0.3 is 5.97 Å². The predicted molar refractivity (Wildman–Crippen MR) is 149 cm³/mol. The van der Waals surface area contributed by atoms with E-state index < -0.39 is 23.8 Å². The summed E-state index contributed by atoms with van der Waals surface area (Å²) in [6, 6.07) is 17.1. The Balaban J connectivity index is 1.25. The van der Waals surface area contributed by atoms with Crippen LogP contribution < -0.4 is 4.74 Å². The molecular formula is C29H26N2O5S3. The smallest absolute Gasteiger partial charge is 0.326 e. The highest BCUT2D eigenvalue weighted by Gasteiger charge is 2.70. The zero-order valence-corrected chi connectivity index (χ0v) is 23.4. The van der Waals surface area contributed by atoms with E-state index in [2.05, 4.69) is 17.1 Å². The lowest BCUT2D eigenvalue weighted by atomic mass is 9.68. The Hall–Kier alpha value is -2.95.